The molecule has 1 amide bonds. The number of carbonyl (C=O) groups excluding carboxylic acids is 1. The highest BCUT2D eigenvalue weighted by molar-refractivity contribution is 5.79. The van der Waals surface area contributed by atoms with Crippen molar-refractivity contribution in [2.45, 2.75) is 43.9 Å². The van der Waals surface area contributed by atoms with E-state index < -0.39 is 12.2 Å². The van der Waals surface area contributed by atoms with Crippen LogP contribution in [0.5, 0.6) is 0 Å². The van der Waals surface area contributed by atoms with Gasteiger partial charge < -0.3 is 15.0 Å². The first-order valence-electron chi connectivity index (χ1n) is 9.03. The third kappa shape index (κ3) is 3.26. The van der Waals surface area contributed by atoms with Gasteiger partial charge in [-0.05, 0) is 31.6 Å². The number of nitrogens with one attached hydrogen (secondary N) is 1. The Morgan fingerprint density at radius 1 is 1.27 bits per heavy atom. The fourth-order valence-electron chi connectivity index (χ4n) is 4.24. The van der Waals surface area contributed by atoms with E-state index in [0.29, 0.717) is 39.1 Å². The molecule has 2 saturated heterocycles. The van der Waals surface area contributed by atoms with Gasteiger partial charge in [0.1, 0.15) is 6.33 Å². The third-order valence-electron chi connectivity index (χ3n) is 5.74. The molecule has 0 spiro atoms. The van der Waals surface area contributed by atoms with Crippen molar-refractivity contribution in [3.63, 3.8) is 0 Å². The molecule has 0 aromatic carbocycles. The first kappa shape index (κ1) is 17.6. The second-order valence-corrected chi connectivity index (χ2v) is 7.30. The number of ether oxygens (including phenoxy) is 1. The molecule has 4 rings (SSSR count). The van der Waals surface area contributed by atoms with Crippen LogP contribution in [0.1, 0.15) is 31.7 Å². The van der Waals surface area contributed by atoms with Gasteiger partial charge in [0.2, 0.25) is 11.9 Å². The van der Waals surface area contributed by atoms with Crippen LogP contribution < -0.4 is 5.32 Å². The van der Waals surface area contributed by atoms with Gasteiger partial charge in [-0.15, -0.1) is 0 Å². The molecule has 0 bridgehead atoms. The number of nitrogens with zero attached hydrogens (tertiary/aromatic N) is 4. The number of anilines is 1. The molecule has 0 saturated carbocycles. The number of carbonyl (C=O) groups is 1. The summed E-state index contributed by atoms with van der Waals surface area (Å²) in [5, 5.41) is 6.84. The third-order valence-corrected chi connectivity index (χ3v) is 5.74. The summed E-state index contributed by atoms with van der Waals surface area (Å²) in [5.41, 5.74) is 0. The Hall–Kier alpha value is -1.84. The maximum atomic E-state index is 13.4. The zero-order chi connectivity index (χ0) is 18.3. The molecule has 7 nitrogen and oxygen atoms in total. The monoisotopic (exact) mass is 373 g/mol. The zero-order valence-electron chi connectivity index (χ0n) is 14.3. The van der Waals surface area contributed by atoms with Crippen molar-refractivity contribution in [3.05, 3.63) is 6.33 Å². The minimum Gasteiger partial charge on any atom is -0.381 e. The topological polar surface area (TPSA) is 72.3 Å². The number of fused-ring (bicyclic) bond motifs is 1. The van der Waals surface area contributed by atoms with Crippen molar-refractivity contribution in [2.75, 3.05) is 31.6 Å². The number of aromatic nitrogens is 3. The molecule has 1 aromatic rings. The van der Waals surface area contributed by atoms with Crippen molar-refractivity contribution in [1.29, 1.82) is 0 Å². The van der Waals surface area contributed by atoms with Crippen molar-refractivity contribution in [2.24, 2.45) is 11.8 Å². The summed E-state index contributed by atoms with van der Waals surface area (Å²) in [6.07, 6.45) is -1.14. The van der Waals surface area contributed by atoms with Gasteiger partial charge >= 0.3 is 6.18 Å². The Balaban J connectivity index is 1.39. The van der Waals surface area contributed by atoms with E-state index in [2.05, 4.69) is 15.4 Å². The summed E-state index contributed by atoms with van der Waals surface area (Å²) in [5.74, 6) is 0.303. The molecule has 3 atom stereocenters. The molecule has 10 heteroatoms. The van der Waals surface area contributed by atoms with E-state index in [9.17, 15) is 18.0 Å². The van der Waals surface area contributed by atoms with Gasteiger partial charge in [-0.1, -0.05) is 0 Å². The summed E-state index contributed by atoms with van der Waals surface area (Å²) < 4.78 is 46.4. The highest BCUT2D eigenvalue weighted by Crippen LogP contribution is 2.41. The molecule has 1 aromatic heterocycles. The van der Waals surface area contributed by atoms with Crippen molar-refractivity contribution >= 4 is 11.9 Å². The first-order valence-corrected chi connectivity index (χ1v) is 9.03. The van der Waals surface area contributed by atoms with Crippen molar-refractivity contribution in [3.8, 4) is 0 Å². The lowest BCUT2D eigenvalue weighted by molar-refractivity contribution is -0.174. The van der Waals surface area contributed by atoms with Gasteiger partial charge in [-0.25, -0.2) is 4.68 Å². The van der Waals surface area contributed by atoms with Gasteiger partial charge in [0.25, 0.3) is 0 Å². The summed E-state index contributed by atoms with van der Waals surface area (Å²) in [7, 11) is 0. The number of piperidine rings is 1. The van der Waals surface area contributed by atoms with Crippen LogP contribution in [-0.2, 0) is 9.53 Å². The molecule has 3 aliphatic rings. The normalized spacial score (nSPS) is 30.1. The molecule has 144 valence electrons. The van der Waals surface area contributed by atoms with Crippen LogP contribution in [0.25, 0.3) is 0 Å². The summed E-state index contributed by atoms with van der Waals surface area (Å²) in [4.78, 5) is 18.2. The average molecular weight is 373 g/mol. The molecule has 0 unspecified atom stereocenters. The van der Waals surface area contributed by atoms with Crippen LogP contribution in [0.3, 0.4) is 0 Å². The maximum Gasteiger partial charge on any atom is 0.411 e. The van der Waals surface area contributed by atoms with E-state index in [4.69, 9.17) is 4.74 Å². The number of halogens is 3. The van der Waals surface area contributed by atoms with E-state index in [1.807, 2.05) is 4.90 Å². The molecular weight excluding hydrogens is 351 g/mol. The van der Waals surface area contributed by atoms with Crippen LogP contribution in [0.4, 0.5) is 19.1 Å². The van der Waals surface area contributed by atoms with Crippen LogP contribution in [0, 0.1) is 11.8 Å². The molecule has 1 N–H and O–H groups in total. The van der Waals surface area contributed by atoms with Crippen molar-refractivity contribution in [1.82, 2.24) is 19.7 Å². The second-order valence-electron chi connectivity index (χ2n) is 7.30. The Labute approximate surface area is 148 Å². The van der Waals surface area contributed by atoms with Crippen molar-refractivity contribution < 1.29 is 22.7 Å². The molecule has 3 aliphatic heterocycles. The lowest BCUT2D eigenvalue weighted by Gasteiger charge is -2.40. The van der Waals surface area contributed by atoms with E-state index in [-0.39, 0.29) is 36.2 Å². The average Bonchev–Trinajstić information content (AvgIpc) is 3.31. The SMILES string of the molecule is O=C([C@@H]1CCOC1)N1CCC([C@@H]2C[C@H](C(F)(F)F)n3ncnc3N2)CC1. The molecule has 26 heavy (non-hydrogen) atoms. The van der Waals surface area contributed by atoms with Crippen LogP contribution in [-0.4, -0.2) is 64.1 Å². The van der Waals surface area contributed by atoms with Gasteiger partial charge in [-0.3, -0.25) is 4.79 Å². The predicted molar refractivity (Wildman–Crippen MR) is 85.4 cm³/mol. The largest absolute Gasteiger partial charge is 0.411 e. The number of hydrogen-bond donors (Lipinski definition) is 1. The maximum absolute atomic E-state index is 13.4. The minimum atomic E-state index is -4.36. The highest BCUT2D eigenvalue weighted by Gasteiger charge is 2.48. The predicted octanol–water partition coefficient (Wildman–Crippen LogP) is 1.84. The van der Waals surface area contributed by atoms with E-state index in [1.165, 1.54) is 0 Å². The van der Waals surface area contributed by atoms with Gasteiger partial charge in [0.05, 0.1) is 12.5 Å². The summed E-state index contributed by atoms with van der Waals surface area (Å²) in [6, 6.07) is -1.97. The number of amides is 1. The first-order chi connectivity index (χ1) is 12.4. The second kappa shape index (κ2) is 6.71. The Kier molecular flexibility index (Phi) is 4.54. The molecule has 2 fully saturated rings. The number of hydrogen-bond acceptors (Lipinski definition) is 5. The Morgan fingerprint density at radius 2 is 2.04 bits per heavy atom. The number of rotatable bonds is 2. The lowest BCUT2D eigenvalue weighted by Crippen LogP contribution is -2.48. The van der Waals surface area contributed by atoms with Crippen LogP contribution in [0.15, 0.2) is 6.33 Å². The molecule has 0 radical (unpaired) electrons. The fourth-order valence-corrected chi connectivity index (χ4v) is 4.24. The number of alkyl halides is 3. The van der Waals surface area contributed by atoms with Crippen LogP contribution >= 0.6 is 0 Å². The molecular formula is C16H22F3N5O2. The van der Waals surface area contributed by atoms with E-state index in [1.54, 1.807) is 0 Å². The van der Waals surface area contributed by atoms with Crippen LogP contribution in [0.2, 0.25) is 0 Å². The Bertz CT molecular complexity index is 651. The quantitative estimate of drug-likeness (QED) is 0.857. The number of likely N-dealkylation sites (tertiary alicyclic amines) is 1. The fraction of sp³-hybridized carbons (Fsp3) is 0.812. The smallest absolute Gasteiger partial charge is 0.381 e. The highest BCUT2D eigenvalue weighted by atomic mass is 19.4. The summed E-state index contributed by atoms with van der Waals surface area (Å²) >= 11 is 0. The van der Waals surface area contributed by atoms with Gasteiger partial charge in [0.15, 0.2) is 6.04 Å². The zero-order valence-corrected chi connectivity index (χ0v) is 14.3. The standard InChI is InChI=1S/C16H22F3N5O2/c17-16(18,19)13-7-12(22-15-20-9-21-24(13)15)10-1-4-23(5-2-10)14(25)11-3-6-26-8-11/h9-13H,1-8H2,(H,20,21,22)/t11-,12+,13-/m1/s1. The van der Waals surface area contributed by atoms with Gasteiger partial charge in [0, 0.05) is 25.7 Å². The van der Waals surface area contributed by atoms with Gasteiger partial charge in [-0.2, -0.15) is 23.3 Å². The minimum absolute atomic E-state index is 0.0606. The Morgan fingerprint density at radius 3 is 2.69 bits per heavy atom. The van der Waals surface area contributed by atoms with E-state index >= 15 is 0 Å². The molecule has 0 aliphatic carbocycles. The van der Waals surface area contributed by atoms with E-state index in [0.717, 1.165) is 17.4 Å². The summed E-state index contributed by atoms with van der Waals surface area (Å²) in [6.45, 7) is 2.27. The lowest BCUT2D eigenvalue weighted by atomic mass is 9.84. The molecule has 4 heterocycles.